The van der Waals surface area contributed by atoms with Gasteiger partial charge in [0.15, 0.2) is 0 Å². The maximum absolute atomic E-state index is 12.8. The number of aromatic nitrogens is 2. The molecule has 0 atom stereocenters. The van der Waals surface area contributed by atoms with E-state index in [9.17, 15) is 4.79 Å². The van der Waals surface area contributed by atoms with E-state index in [1.807, 2.05) is 12.3 Å². The molecule has 2 heterocycles. The summed E-state index contributed by atoms with van der Waals surface area (Å²) >= 11 is 0. The van der Waals surface area contributed by atoms with Gasteiger partial charge in [-0.3, -0.25) is 0 Å². The quantitative estimate of drug-likeness (QED) is 0.604. The zero-order valence-electron chi connectivity index (χ0n) is 17.4. The highest BCUT2D eigenvalue weighted by atomic mass is 16.2. The number of hydrogen-bond acceptors (Lipinski definition) is 2. The second-order valence-corrected chi connectivity index (χ2v) is 8.00. The number of carbonyl (C=O) groups is 1. The summed E-state index contributed by atoms with van der Waals surface area (Å²) in [5, 5.41) is 7.45. The lowest BCUT2D eigenvalue weighted by Gasteiger charge is -2.32. The van der Waals surface area contributed by atoms with Crippen LogP contribution in [0.25, 0.3) is 11.0 Å². The van der Waals surface area contributed by atoms with Crippen LogP contribution in [0, 0.1) is 0 Å². The van der Waals surface area contributed by atoms with Crippen molar-refractivity contribution in [3.8, 4) is 0 Å². The van der Waals surface area contributed by atoms with Crippen LogP contribution in [0.4, 0.5) is 10.5 Å². The van der Waals surface area contributed by atoms with Gasteiger partial charge in [0, 0.05) is 30.0 Å². The van der Waals surface area contributed by atoms with E-state index < -0.39 is 0 Å². The van der Waals surface area contributed by atoms with Gasteiger partial charge in [-0.25, -0.2) is 9.78 Å². The molecule has 1 aliphatic carbocycles. The maximum atomic E-state index is 12.8. The Kier molecular flexibility index (Phi) is 5.56. The molecule has 0 spiro atoms. The molecule has 4 rings (SSSR count). The first-order chi connectivity index (χ1) is 14.2. The van der Waals surface area contributed by atoms with Crippen LogP contribution in [0.15, 0.2) is 48.8 Å². The number of anilines is 1. The molecule has 3 aromatic rings. The Bertz CT molecular complexity index is 979. The van der Waals surface area contributed by atoms with Crippen LogP contribution in [-0.4, -0.2) is 22.1 Å². The van der Waals surface area contributed by atoms with Gasteiger partial charge in [-0.15, -0.1) is 0 Å². The number of nitrogens with one attached hydrogen (secondary N) is 2. The molecule has 152 valence electrons. The number of amides is 2. The minimum Gasteiger partial charge on any atom is -0.335 e. The molecule has 0 radical (unpaired) electrons. The van der Waals surface area contributed by atoms with Crippen molar-refractivity contribution in [3.05, 3.63) is 59.9 Å². The van der Waals surface area contributed by atoms with Gasteiger partial charge in [0.2, 0.25) is 0 Å². The molecule has 0 saturated heterocycles. The topological polar surface area (TPSA) is 59.0 Å². The van der Waals surface area contributed by atoms with Crippen molar-refractivity contribution in [2.45, 2.75) is 57.9 Å². The van der Waals surface area contributed by atoms with Crippen LogP contribution in [0.3, 0.4) is 0 Å². The SMILES string of the molecule is CCc1cccc(CC)c1NC(=O)NCC1(n2ccc3cccnc32)CCCC1. The number of pyridine rings is 1. The molecule has 5 heteroatoms. The fourth-order valence-electron chi connectivity index (χ4n) is 4.69. The van der Waals surface area contributed by atoms with Gasteiger partial charge in [-0.05, 0) is 55.0 Å². The normalized spacial score (nSPS) is 15.5. The van der Waals surface area contributed by atoms with Crippen molar-refractivity contribution in [1.82, 2.24) is 14.9 Å². The number of benzene rings is 1. The summed E-state index contributed by atoms with van der Waals surface area (Å²) in [7, 11) is 0. The standard InChI is InChI=1S/C24H30N4O/c1-3-18-9-7-10-19(4-2)21(18)27-23(29)26-17-24(13-5-6-14-24)28-16-12-20-11-8-15-25-22(20)28/h7-12,15-16H,3-6,13-14,17H2,1-2H3,(H2,26,27,29). The van der Waals surface area contributed by atoms with Crippen LogP contribution in [0.5, 0.6) is 0 Å². The van der Waals surface area contributed by atoms with Crippen molar-refractivity contribution in [2.24, 2.45) is 0 Å². The summed E-state index contributed by atoms with van der Waals surface area (Å²) in [4.78, 5) is 17.4. The Balaban J connectivity index is 1.53. The number of rotatable bonds is 6. The fourth-order valence-corrected chi connectivity index (χ4v) is 4.69. The zero-order valence-corrected chi connectivity index (χ0v) is 17.4. The lowest BCUT2D eigenvalue weighted by Crippen LogP contribution is -2.44. The van der Waals surface area contributed by atoms with Gasteiger partial charge in [-0.2, -0.15) is 0 Å². The highest BCUT2D eigenvalue weighted by Crippen LogP contribution is 2.38. The van der Waals surface area contributed by atoms with Gasteiger partial charge in [0.25, 0.3) is 0 Å². The van der Waals surface area contributed by atoms with E-state index >= 15 is 0 Å². The van der Waals surface area contributed by atoms with Gasteiger partial charge < -0.3 is 15.2 Å². The molecule has 1 aliphatic rings. The van der Waals surface area contributed by atoms with Crippen LogP contribution < -0.4 is 10.6 Å². The molecule has 1 saturated carbocycles. The summed E-state index contributed by atoms with van der Waals surface area (Å²) < 4.78 is 2.28. The van der Waals surface area contributed by atoms with E-state index in [1.54, 1.807) is 0 Å². The smallest absolute Gasteiger partial charge is 0.319 e. The van der Waals surface area contributed by atoms with Gasteiger partial charge in [-0.1, -0.05) is 44.9 Å². The third-order valence-corrected chi connectivity index (χ3v) is 6.31. The average molecular weight is 391 g/mol. The zero-order chi connectivity index (χ0) is 20.3. The second-order valence-electron chi connectivity index (χ2n) is 8.00. The highest BCUT2D eigenvalue weighted by Gasteiger charge is 2.37. The summed E-state index contributed by atoms with van der Waals surface area (Å²) in [6.45, 7) is 4.85. The predicted molar refractivity (Wildman–Crippen MR) is 118 cm³/mol. The summed E-state index contributed by atoms with van der Waals surface area (Å²) in [5.74, 6) is 0. The van der Waals surface area contributed by atoms with Crippen molar-refractivity contribution in [2.75, 3.05) is 11.9 Å². The number of para-hydroxylation sites is 1. The maximum Gasteiger partial charge on any atom is 0.319 e. The van der Waals surface area contributed by atoms with E-state index in [-0.39, 0.29) is 11.6 Å². The Hall–Kier alpha value is -2.82. The van der Waals surface area contributed by atoms with Crippen molar-refractivity contribution < 1.29 is 4.79 Å². The number of urea groups is 1. The molecule has 5 nitrogen and oxygen atoms in total. The number of fused-ring (bicyclic) bond motifs is 1. The van der Waals surface area contributed by atoms with Crippen molar-refractivity contribution in [3.63, 3.8) is 0 Å². The van der Waals surface area contributed by atoms with Gasteiger partial charge in [0.05, 0.1) is 5.54 Å². The first-order valence-electron chi connectivity index (χ1n) is 10.7. The number of hydrogen-bond donors (Lipinski definition) is 2. The molecular weight excluding hydrogens is 360 g/mol. The number of nitrogens with zero attached hydrogens (tertiary/aromatic N) is 2. The Morgan fingerprint density at radius 1 is 1.07 bits per heavy atom. The van der Waals surface area contributed by atoms with Crippen LogP contribution >= 0.6 is 0 Å². The van der Waals surface area contributed by atoms with E-state index in [2.05, 4.69) is 70.6 Å². The van der Waals surface area contributed by atoms with Crippen molar-refractivity contribution >= 4 is 22.8 Å². The predicted octanol–water partition coefficient (Wildman–Crippen LogP) is 5.25. The highest BCUT2D eigenvalue weighted by molar-refractivity contribution is 5.91. The summed E-state index contributed by atoms with van der Waals surface area (Å²) in [6, 6.07) is 12.3. The molecule has 2 N–H and O–H groups in total. The molecule has 1 aromatic carbocycles. The molecule has 0 unspecified atom stereocenters. The largest absolute Gasteiger partial charge is 0.335 e. The Morgan fingerprint density at radius 2 is 1.79 bits per heavy atom. The number of aryl methyl sites for hydroxylation is 2. The Morgan fingerprint density at radius 3 is 2.48 bits per heavy atom. The van der Waals surface area contributed by atoms with Crippen LogP contribution in [-0.2, 0) is 18.4 Å². The first kappa shape index (κ1) is 19.5. The van der Waals surface area contributed by atoms with Gasteiger partial charge in [0.1, 0.15) is 5.65 Å². The molecule has 29 heavy (non-hydrogen) atoms. The molecule has 0 aliphatic heterocycles. The van der Waals surface area contributed by atoms with E-state index in [4.69, 9.17) is 0 Å². The molecular formula is C24H30N4O. The number of carbonyl (C=O) groups excluding carboxylic acids is 1. The van der Waals surface area contributed by atoms with E-state index in [1.165, 1.54) is 24.0 Å². The van der Waals surface area contributed by atoms with Gasteiger partial charge >= 0.3 is 6.03 Å². The third-order valence-electron chi connectivity index (χ3n) is 6.31. The second kappa shape index (κ2) is 8.27. The van der Waals surface area contributed by atoms with E-state index in [0.29, 0.717) is 6.54 Å². The molecule has 2 aromatic heterocycles. The fraction of sp³-hybridized carbons (Fsp3) is 0.417. The van der Waals surface area contributed by atoms with E-state index in [0.717, 1.165) is 42.4 Å². The molecule has 1 fully saturated rings. The minimum absolute atomic E-state index is 0.106. The van der Waals surface area contributed by atoms with Crippen LogP contribution in [0.1, 0.15) is 50.7 Å². The summed E-state index contributed by atoms with van der Waals surface area (Å²) in [5.41, 5.74) is 4.21. The molecule has 2 amide bonds. The summed E-state index contributed by atoms with van der Waals surface area (Å²) in [6.07, 6.45) is 10.2. The van der Waals surface area contributed by atoms with Crippen molar-refractivity contribution in [1.29, 1.82) is 0 Å². The first-order valence-corrected chi connectivity index (χ1v) is 10.7. The monoisotopic (exact) mass is 390 g/mol. The Labute approximate surface area is 172 Å². The minimum atomic E-state index is -0.128. The lowest BCUT2D eigenvalue weighted by atomic mass is 9.97. The third kappa shape index (κ3) is 3.74. The molecule has 0 bridgehead atoms. The van der Waals surface area contributed by atoms with Crippen LogP contribution in [0.2, 0.25) is 0 Å². The lowest BCUT2D eigenvalue weighted by molar-refractivity contribution is 0.239. The average Bonchev–Trinajstić information content (AvgIpc) is 3.40.